The number of fused-ring (bicyclic) bond motifs is 1. The summed E-state index contributed by atoms with van der Waals surface area (Å²) in [5.74, 6) is 2.03. The van der Waals surface area contributed by atoms with Gasteiger partial charge in [0.15, 0.2) is 5.78 Å². The normalized spacial score (nSPS) is 12.8. The van der Waals surface area contributed by atoms with Gasteiger partial charge in [-0.15, -0.1) is 11.8 Å². The summed E-state index contributed by atoms with van der Waals surface area (Å²) in [7, 11) is 0. The first-order chi connectivity index (χ1) is 9.78. The van der Waals surface area contributed by atoms with Gasteiger partial charge in [-0.3, -0.25) is 4.79 Å². The van der Waals surface area contributed by atoms with Crippen molar-refractivity contribution >= 4 is 17.5 Å². The van der Waals surface area contributed by atoms with Crippen LogP contribution in [0.2, 0.25) is 0 Å². The van der Waals surface area contributed by atoms with E-state index in [9.17, 15) is 4.79 Å². The first-order valence-electron chi connectivity index (χ1n) is 6.81. The van der Waals surface area contributed by atoms with E-state index in [0.29, 0.717) is 0 Å². The van der Waals surface area contributed by atoms with Crippen molar-refractivity contribution in [3.8, 4) is 5.75 Å². The Morgan fingerprint density at radius 2 is 1.90 bits per heavy atom. The molecule has 0 saturated heterocycles. The van der Waals surface area contributed by atoms with Crippen LogP contribution in [0.25, 0.3) is 0 Å². The summed E-state index contributed by atoms with van der Waals surface area (Å²) in [5.41, 5.74) is 2.61. The van der Waals surface area contributed by atoms with E-state index in [2.05, 4.69) is 6.92 Å². The molecule has 1 aliphatic heterocycles. The maximum atomic E-state index is 12.5. The van der Waals surface area contributed by atoms with Crippen molar-refractivity contribution < 1.29 is 9.53 Å². The molecule has 1 aliphatic rings. The van der Waals surface area contributed by atoms with Crippen molar-refractivity contribution in [2.24, 2.45) is 0 Å². The van der Waals surface area contributed by atoms with Crippen LogP contribution < -0.4 is 4.74 Å². The van der Waals surface area contributed by atoms with Crippen LogP contribution in [0.15, 0.2) is 47.4 Å². The van der Waals surface area contributed by atoms with Gasteiger partial charge in [-0.25, -0.2) is 0 Å². The highest BCUT2D eigenvalue weighted by Gasteiger charge is 2.16. The van der Waals surface area contributed by atoms with Gasteiger partial charge in [0.2, 0.25) is 0 Å². The molecule has 20 heavy (non-hydrogen) atoms. The molecule has 0 bridgehead atoms. The van der Waals surface area contributed by atoms with Gasteiger partial charge in [-0.1, -0.05) is 6.92 Å². The monoisotopic (exact) mass is 284 g/mol. The first kappa shape index (κ1) is 13.3. The number of carbonyl (C=O) groups excluding carboxylic acids is 1. The van der Waals surface area contributed by atoms with E-state index in [1.807, 2.05) is 42.5 Å². The van der Waals surface area contributed by atoms with E-state index in [0.717, 1.165) is 41.2 Å². The molecule has 0 aromatic heterocycles. The molecule has 3 heteroatoms. The minimum absolute atomic E-state index is 0.0766. The summed E-state index contributed by atoms with van der Waals surface area (Å²) in [6.07, 6.45) is 0.891. The lowest BCUT2D eigenvalue weighted by atomic mass is 10.0. The molecule has 0 unspecified atom stereocenters. The Balaban J connectivity index is 1.84. The summed E-state index contributed by atoms with van der Waals surface area (Å²) in [5, 5.41) is 0. The first-order valence-corrected chi connectivity index (χ1v) is 7.80. The fraction of sp³-hybridized carbons (Fsp3) is 0.235. The predicted octanol–water partition coefficient (Wildman–Crippen LogP) is 3.96. The van der Waals surface area contributed by atoms with Crippen molar-refractivity contribution in [3.63, 3.8) is 0 Å². The Kier molecular flexibility index (Phi) is 3.79. The van der Waals surface area contributed by atoms with E-state index in [1.54, 1.807) is 11.8 Å². The molecule has 0 N–H and O–H groups in total. The van der Waals surface area contributed by atoms with Gasteiger partial charge < -0.3 is 4.74 Å². The molecule has 0 fully saturated rings. The fourth-order valence-corrected chi connectivity index (χ4v) is 3.03. The quantitative estimate of drug-likeness (QED) is 0.628. The van der Waals surface area contributed by atoms with Crippen LogP contribution in [-0.4, -0.2) is 18.1 Å². The third-order valence-corrected chi connectivity index (χ3v) is 4.27. The van der Waals surface area contributed by atoms with Gasteiger partial charge in [-0.2, -0.15) is 0 Å². The molecule has 0 atom stereocenters. The van der Waals surface area contributed by atoms with Crippen LogP contribution in [0, 0.1) is 0 Å². The molecule has 102 valence electrons. The Morgan fingerprint density at radius 1 is 1.15 bits per heavy atom. The molecule has 2 nitrogen and oxygen atoms in total. The van der Waals surface area contributed by atoms with E-state index < -0.39 is 0 Å². The molecular weight excluding hydrogens is 268 g/mol. The van der Waals surface area contributed by atoms with E-state index in [4.69, 9.17) is 4.74 Å². The molecular formula is C17H16O2S. The van der Waals surface area contributed by atoms with Crippen molar-refractivity contribution in [3.05, 3.63) is 59.2 Å². The van der Waals surface area contributed by atoms with Gasteiger partial charge in [0.25, 0.3) is 0 Å². The Labute approximate surface area is 123 Å². The molecule has 2 aromatic rings. The van der Waals surface area contributed by atoms with Gasteiger partial charge in [0.1, 0.15) is 5.75 Å². The second-order valence-electron chi connectivity index (χ2n) is 4.71. The van der Waals surface area contributed by atoms with Crippen LogP contribution in [0.1, 0.15) is 28.4 Å². The third-order valence-electron chi connectivity index (χ3n) is 3.38. The van der Waals surface area contributed by atoms with Gasteiger partial charge in [0, 0.05) is 22.4 Å². The molecule has 3 rings (SSSR count). The summed E-state index contributed by atoms with van der Waals surface area (Å²) < 4.78 is 5.47. The minimum atomic E-state index is 0.0766. The lowest BCUT2D eigenvalue weighted by molar-refractivity contribution is 0.103. The highest BCUT2D eigenvalue weighted by Crippen LogP contribution is 2.27. The van der Waals surface area contributed by atoms with E-state index in [-0.39, 0.29) is 5.78 Å². The Morgan fingerprint density at radius 3 is 2.65 bits per heavy atom. The minimum Gasteiger partial charge on any atom is -0.493 e. The molecule has 2 aromatic carbocycles. The maximum absolute atomic E-state index is 12.5. The highest BCUT2D eigenvalue weighted by molar-refractivity contribution is 7.99. The number of benzene rings is 2. The second kappa shape index (κ2) is 5.71. The Bertz CT molecular complexity index is 632. The smallest absolute Gasteiger partial charge is 0.193 e. The number of ketones is 1. The van der Waals surface area contributed by atoms with Crippen LogP contribution in [0.5, 0.6) is 5.75 Å². The van der Waals surface area contributed by atoms with Crippen molar-refractivity contribution in [2.45, 2.75) is 18.2 Å². The molecule has 0 saturated carbocycles. The zero-order chi connectivity index (χ0) is 13.9. The number of thioether (sulfide) groups is 1. The lowest BCUT2D eigenvalue weighted by Crippen LogP contribution is -2.01. The summed E-state index contributed by atoms with van der Waals surface area (Å²) in [4.78, 5) is 13.7. The number of ether oxygens (including phenoxy) is 1. The van der Waals surface area contributed by atoms with Crippen LogP contribution in [0.3, 0.4) is 0 Å². The number of hydrogen-bond donors (Lipinski definition) is 0. The molecule has 1 heterocycles. The van der Waals surface area contributed by atoms with E-state index in [1.165, 1.54) is 4.90 Å². The molecule has 0 radical (unpaired) electrons. The van der Waals surface area contributed by atoms with Crippen molar-refractivity contribution in [1.82, 2.24) is 0 Å². The maximum Gasteiger partial charge on any atom is 0.193 e. The predicted molar refractivity (Wildman–Crippen MR) is 81.9 cm³/mol. The summed E-state index contributed by atoms with van der Waals surface area (Å²) in [6, 6.07) is 13.5. The van der Waals surface area contributed by atoms with Crippen LogP contribution in [-0.2, 0) is 6.42 Å². The molecule has 0 spiro atoms. The largest absolute Gasteiger partial charge is 0.493 e. The second-order valence-corrected chi connectivity index (χ2v) is 6.04. The average Bonchev–Trinajstić information content (AvgIpc) is 2.95. The lowest BCUT2D eigenvalue weighted by Gasteiger charge is -2.05. The number of carbonyl (C=O) groups is 1. The van der Waals surface area contributed by atoms with Gasteiger partial charge >= 0.3 is 0 Å². The van der Waals surface area contributed by atoms with Crippen LogP contribution in [0.4, 0.5) is 0 Å². The molecule has 0 aliphatic carbocycles. The van der Waals surface area contributed by atoms with Crippen LogP contribution >= 0.6 is 11.8 Å². The Hall–Kier alpha value is -1.74. The highest BCUT2D eigenvalue weighted by atomic mass is 32.2. The zero-order valence-corrected chi connectivity index (χ0v) is 12.2. The van der Waals surface area contributed by atoms with Crippen molar-refractivity contribution in [1.29, 1.82) is 0 Å². The fourth-order valence-electron chi connectivity index (χ4n) is 2.36. The van der Waals surface area contributed by atoms with E-state index >= 15 is 0 Å². The zero-order valence-electron chi connectivity index (χ0n) is 11.4. The number of rotatable bonds is 4. The number of hydrogen-bond acceptors (Lipinski definition) is 3. The van der Waals surface area contributed by atoms with Gasteiger partial charge in [0.05, 0.1) is 6.61 Å². The van der Waals surface area contributed by atoms with Gasteiger partial charge in [-0.05, 0) is 53.8 Å². The topological polar surface area (TPSA) is 26.3 Å². The SMILES string of the molecule is CCSc1ccc(C(=O)c2ccc3c(c2)CCO3)cc1. The average molecular weight is 284 g/mol. The molecule has 0 amide bonds. The summed E-state index contributed by atoms with van der Waals surface area (Å²) >= 11 is 1.78. The third kappa shape index (κ3) is 2.59. The summed E-state index contributed by atoms with van der Waals surface area (Å²) in [6.45, 7) is 2.84. The van der Waals surface area contributed by atoms with Crippen molar-refractivity contribution in [2.75, 3.05) is 12.4 Å². The standard InChI is InChI=1S/C17H16O2S/c1-2-20-15-6-3-12(4-7-15)17(18)14-5-8-16-13(11-14)9-10-19-16/h3-8,11H,2,9-10H2,1H3.